The van der Waals surface area contributed by atoms with E-state index < -0.39 is 0 Å². The van der Waals surface area contributed by atoms with Crippen molar-refractivity contribution in [2.24, 2.45) is 5.41 Å². The lowest BCUT2D eigenvalue weighted by Crippen LogP contribution is -2.02. The summed E-state index contributed by atoms with van der Waals surface area (Å²) in [5, 5.41) is 0. The van der Waals surface area contributed by atoms with E-state index in [4.69, 9.17) is 0 Å². The van der Waals surface area contributed by atoms with Gasteiger partial charge < -0.3 is 0 Å². The molecule has 0 radical (unpaired) electrons. The minimum Gasteiger partial charge on any atom is -0.0988 e. The van der Waals surface area contributed by atoms with Gasteiger partial charge in [0.2, 0.25) is 0 Å². The van der Waals surface area contributed by atoms with Gasteiger partial charge in [0.1, 0.15) is 0 Å². The summed E-state index contributed by atoms with van der Waals surface area (Å²) in [6, 6.07) is 0. The van der Waals surface area contributed by atoms with Gasteiger partial charge in [0.25, 0.3) is 0 Å². The molecular weight excluding hydrogens is 132 g/mol. The Morgan fingerprint density at radius 3 is 2.27 bits per heavy atom. The van der Waals surface area contributed by atoms with Crippen molar-refractivity contribution in [2.75, 3.05) is 0 Å². The average molecular weight is 150 g/mol. The van der Waals surface area contributed by atoms with Gasteiger partial charge in [0.05, 0.1) is 0 Å². The topological polar surface area (TPSA) is 0 Å². The zero-order chi connectivity index (χ0) is 8.91. The van der Waals surface area contributed by atoms with Crippen molar-refractivity contribution < 1.29 is 0 Å². The highest BCUT2D eigenvalue weighted by molar-refractivity contribution is 5.19. The predicted octanol–water partition coefficient (Wildman–Crippen LogP) is 3.72. The van der Waals surface area contributed by atoms with Crippen LogP contribution in [0.25, 0.3) is 0 Å². The highest BCUT2D eigenvalue weighted by Gasteiger charge is 2.08. The van der Waals surface area contributed by atoms with Gasteiger partial charge in [-0.2, -0.15) is 0 Å². The smallest absolute Gasteiger partial charge is 0.001000 e. The first-order valence-corrected chi connectivity index (χ1v) is 3.97. The molecule has 0 aromatic rings. The van der Waals surface area contributed by atoms with E-state index in [9.17, 15) is 0 Å². The summed E-state index contributed by atoms with van der Waals surface area (Å²) < 4.78 is 0. The fraction of sp³-hybridized carbons (Fsp3) is 0.455. The lowest BCUT2D eigenvalue weighted by Gasteiger charge is -2.15. The second kappa shape index (κ2) is 4.17. The van der Waals surface area contributed by atoms with Crippen LogP contribution < -0.4 is 0 Å². The molecule has 0 aliphatic heterocycles. The van der Waals surface area contributed by atoms with E-state index in [2.05, 4.69) is 45.6 Å². The largest absolute Gasteiger partial charge is 0.0988 e. The van der Waals surface area contributed by atoms with Crippen molar-refractivity contribution in [2.45, 2.75) is 27.7 Å². The molecular formula is C11H18. The van der Waals surface area contributed by atoms with Crippen LogP contribution in [0.4, 0.5) is 0 Å². The third kappa shape index (κ3) is 4.60. The molecule has 0 saturated carbocycles. The minimum absolute atomic E-state index is 0.160. The molecule has 62 valence electrons. The first-order chi connectivity index (χ1) is 5.02. The zero-order valence-electron chi connectivity index (χ0n) is 8.02. The van der Waals surface area contributed by atoms with Gasteiger partial charge in [0, 0.05) is 5.41 Å². The van der Waals surface area contributed by atoms with Crippen molar-refractivity contribution >= 4 is 0 Å². The lowest BCUT2D eigenvalue weighted by atomic mass is 9.90. The molecule has 0 aromatic carbocycles. The number of hydrogen-bond acceptors (Lipinski definition) is 0. The Bertz CT molecular complexity index is 180. The van der Waals surface area contributed by atoms with E-state index in [1.807, 2.05) is 13.0 Å². The normalized spacial score (nSPS) is 14.0. The maximum Gasteiger partial charge on any atom is 0.001000 e. The first kappa shape index (κ1) is 10.2. The molecule has 0 aliphatic carbocycles. The predicted molar refractivity (Wildman–Crippen MR) is 52.5 cm³/mol. The lowest BCUT2D eigenvalue weighted by molar-refractivity contribution is 0.621. The Labute approximate surface area is 70.3 Å². The maximum absolute atomic E-state index is 3.71. The molecule has 0 saturated heterocycles. The molecule has 0 heterocycles. The van der Waals surface area contributed by atoms with Gasteiger partial charge in [-0.25, -0.2) is 0 Å². The monoisotopic (exact) mass is 150 g/mol. The summed E-state index contributed by atoms with van der Waals surface area (Å²) in [5.41, 5.74) is 1.39. The van der Waals surface area contributed by atoms with Crippen LogP contribution in [0.3, 0.4) is 0 Å². The molecule has 0 rings (SSSR count). The maximum atomic E-state index is 3.71. The van der Waals surface area contributed by atoms with E-state index in [-0.39, 0.29) is 5.41 Å². The van der Waals surface area contributed by atoms with Crippen molar-refractivity contribution in [3.63, 3.8) is 0 Å². The van der Waals surface area contributed by atoms with Crippen LogP contribution in [0.1, 0.15) is 27.7 Å². The molecule has 0 atom stereocenters. The molecule has 0 bridgehead atoms. The van der Waals surface area contributed by atoms with E-state index in [1.165, 1.54) is 5.57 Å². The van der Waals surface area contributed by atoms with Gasteiger partial charge in [-0.15, -0.1) is 0 Å². The van der Waals surface area contributed by atoms with Crippen molar-refractivity contribution in [1.29, 1.82) is 0 Å². The molecule has 0 heteroatoms. The summed E-state index contributed by atoms with van der Waals surface area (Å²) in [5.74, 6) is 0. The third-order valence-electron chi connectivity index (χ3n) is 1.52. The molecule has 0 aliphatic rings. The standard InChI is InChI=1S/C11H18/c1-6-8-11(4,5)9-10(3)7-2/h6-9H,2H2,1,3-5H3/b8-6+,10-9+. The van der Waals surface area contributed by atoms with Crippen LogP contribution >= 0.6 is 0 Å². The van der Waals surface area contributed by atoms with E-state index >= 15 is 0 Å². The minimum atomic E-state index is 0.160. The Kier molecular flexibility index (Phi) is 3.88. The Morgan fingerprint density at radius 2 is 1.91 bits per heavy atom. The molecule has 0 unspecified atom stereocenters. The van der Waals surface area contributed by atoms with Crippen molar-refractivity contribution in [3.05, 3.63) is 36.5 Å². The Balaban J connectivity index is 4.44. The molecule has 0 nitrogen and oxygen atoms in total. The number of hydrogen-bond donors (Lipinski definition) is 0. The van der Waals surface area contributed by atoms with Crippen LogP contribution in [0.5, 0.6) is 0 Å². The molecule has 0 N–H and O–H groups in total. The summed E-state index contributed by atoms with van der Waals surface area (Å²) in [7, 11) is 0. The first-order valence-electron chi connectivity index (χ1n) is 3.97. The molecule has 0 aromatic heterocycles. The SMILES string of the molecule is C=C/C(C)=C/C(C)(C)/C=C/C. The highest BCUT2D eigenvalue weighted by Crippen LogP contribution is 2.20. The van der Waals surface area contributed by atoms with Gasteiger partial charge >= 0.3 is 0 Å². The fourth-order valence-electron chi connectivity index (χ4n) is 1.12. The van der Waals surface area contributed by atoms with E-state index in [0.29, 0.717) is 0 Å². The van der Waals surface area contributed by atoms with Crippen molar-refractivity contribution in [3.8, 4) is 0 Å². The van der Waals surface area contributed by atoms with Crippen molar-refractivity contribution in [1.82, 2.24) is 0 Å². The molecule has 11 heavy (non-hydrogen) atoms. The highest BCUT2D eigenvalue weighted by atomic mass is 14.1. The van der Waals surface area contributed by atoms with Crippen LogP contribution in [0.15, 0.2) is 36.5 Å². The molecule has 0 amide bonds. The third-order valence-corrected chi connectivity index (χ3v) is 1.52. The van der Waals surface area contributed by atoms with Gasteiger partial charge in [-0.1, -0.05) is 50.3 Å². The van der Waals surface area contributed by atoms with Gasteiger partial charge in [0.15, 0.2) is 0 Å². The van der Waals surface area contributed by atoms with Gasteiger partial charge in [-0.05, 0) is 13.8 Å². The molecule has 0 spiro atoms. The van der Waals surface area contributed by atoms with Crippen LogP contribution in [0.2, 0.25) is 0 Å². The quantitative estimate of drug-likeness (QED) is 0.425. The summed E-state index contributed by atoms with van der Waals surface area (Å²) >= 11 is 0. The fourth-order valence-corrected chi connectivity index (χ4v) is 1.12. The van der Waals surface area contributed by atoms with E-state index in [0.717, 1.165) is 0 Å². The summed E-state index contributed by atoms with van der Waals surface area (Å²) in [6.45, 7) is 12.2. The Morgan fingerprint density at radius 1 is 1.36 bits per heavy atom. The second-order valence-electron chi connectivity index (χ2n) is 3.41. The van der Waals surface area contributed by atoms with Crippen LogP contribution in [-0.4, -0.2) is 0 Å². The Hall–Kier alpha value is -0.780. The molecule has 0 fully saturated rings. The number of rotatable bonds is 3. The zero-order valence-corrected chi connectivity index (χ0v) is 8.02. The van der Waals surface area contributed by atoms with Crippen LogP contribution in [-0.2, 0) is 0 Å². The summed E-state index contributed by atoms with van der Waals surface area (Å²) in [4.78, 5) is 0. The van der Waals surface area contributed by atoms with Crippen LogP contribution in [0, 0.1) is 5.41 Å². The van der Waals surface area contributed by atoms with Gasteiger partial charge in [-0.3, -0.25) is 0 Å². The van der Waals surface area contributed by atoms with E-state index in [1.54, 1.807) is 0 Å². The second-order valence-corrected chi connectivity index (χ2v) is 3.41. The average Bonchev–Trinajstić information content (AvgIpc) is 1.86. The number of allylic oxidation sites excluding steroid dienone is 5. The summed E-state index contributed by atoms with van der Waals surface area (Å²) in [6.07, 6.45) is 8.35.